The monoisotopic (exact) mass is 450 g/mol. The molecule has 31 heavy (non-hydrogen) atoms. The lowest BCUT2D eigenvalue weighted by Gasteiger charge is -2.24. The van der Waals surface area contributed by atoms with E-state index in [1.807, 2.05) is 42.5 Å². The van der Waals surface area contributed by atoms with E-state index in [1.165, 1.54) is 17.4 Å². The Labute approximate surface area is 187 Å². The first-order valence-corrected chi connectivity index (χ1v) is 10.8. The number of carbonyl (C=O) groups excluding carboxylic acids is 1. The zero-order valence-corrected chi connectivity index (χ0v) is 18.3. The van der Waals surface area contributed by atoms with Crippen LogP contribution in [-0.2, 0) is 9.53 Å². The molecule has 5 nitrogen and oxygen atoms in total. The summed E-state index contributed by atoms with van der Waals surface area (Å²) in [5.74, 6) is -0.512. The Kier molecular flexibility index (Phi) is 6.02. The van der Waals surface area contributed by atoms with Crippen molar-refractivity contribution in [2.24, 2.45) is 4.99 Å². The summed E-state index contributed by atoms with van der Waals surface area (Å²) in [7, 11) is 0. The van der Waals surface area contributed by atoms with Gasteiger partial charge in [-0.3, -0.25) is 9.36 Å². The fraction of sp³-hybridized carbons (Fsp3) is 0.125. The predicted molar refractivity (Wildman–Crippen MR) is 123 cm³/mol. The van der Waals surface area contributed by atoms with E-state index in [4.69, 9.17) is 16.3 Å². The summed E-state index contributed by atoms with van der Waals surface area (Å²) in [4.78, 5) is 31.4. The van der Waals surface area contributed by atoms with Crippen molar-refractivity contribution < 1.29 is 9.53 Å². The van der Waals surface area contributed by atoms with E-state index in [0.29, 0.717) is 25.6 Å². The molecule has 0 N–H and O–H groups in total. The summed E-state index contributed by atoms with van der Waals surface area (Å²) < 4.78 is 7.41. The third kappa shape index (κ3) is 4.17. The first kappa shape index (κ1) is 21.0. The van der Waals surface area contributed by atoms with Crippen LogP contribution in [-0.4, -0.2) is 17.1 Å². The highest BCUT2D eigenvalue weighted by Gasteiger charge is 2.33. The third-order valence-electron chi connectivity index (χ3n) is 4.86. The normalized spacial score (nSPS) is 15.9. The van der Waals surface area contributed by atoms with Crippen molar-refractivity contribution in [2.45, 2.75) is 13.0 Å². The maximum absolute atomic E-state index is 13.4. The van der Waals surface area contributed by atoms with Crippen molar-refractivity contribution in [1.82, 2.24) is 4.57 Å². The number of allylic oxidation sites excluding steroid dienone is 1. The van der Waals surface area contributed by atoms with E-state index in [2.05, 4.69) is 11.6 Å². The molecular formula is C24H19ClN2O3S. The van der Waals surface area contributed by atoms with Gasteiger partial charge in [0.25, 0.3) is 5.56 Å². The smallest absolute Gasteiger partial charge is 0.338 e. The summed E-state index contributed by atoms with van der Waals surface area (Å²) in [6.45, 7) is 5.43. The Hall–Kier alpha value is -3.22. The van der Waals surface area contributed by atoms with Crippen molar-refractivity contribution in [3.05, 3.63) is 114 Å². The number of esters is 1. The maximum Gasteiger partial charge on any atom is 0.338 e. The van der Waals surface area contributed by atoms with Crippen molar-refractivity contribution in [1.29, 1.82) is 0 Å². The molecule has 0 saturated carbocycles. The minimum atomic E-state index is -0.623. The lowest BCUT2D eigenvalue weighted by atomic mass is 9.96. The molecule has 4 rings (SSSR count). The molecule has 7 heteroatoms. The number of nitrogens with zero attached hydrogens (tertiary/aromatic N) is 2. The van der Waals surface area contributed by atoms with Crippen LogP contribution in [0, 0.1) is 0 Å². The van der Waals surface area contributed by atoms with Gasteiger partial charge in [-0.25, -0.2) is 9.79 Å². The molecule has 0 aliphatic carbocycles. The average molecular weight is 451 g/mol. The second-order valence-corrected chi connectivity index (χ2v) is 8.38. The van der Waals surface area contributed by atoms with Crippen LogP contribution in [0.3, 0.4) is 0 Å². The zero-order chi connectivity index (χ0) is 22.0. The zero-order valence-electron chi connectivity index (χ0n) is 16.7. The second-order valence-electron chi connectivity index (χ2n) is 6.93. The maximum atomic E-state index is 13.4. The quantitative estimate of drug-likeness (QED) is 0.440. The van der Waals surface area contributed by atoms with Gasteiger partial charge in [-0.15, -0.1) is 0 Å². The van der Waals surface area contributed by atoms with Crippen LogP contribution < -0.4 is 14.9 Å². The average Bonchev–Trinajstić information content (AvgIpc) is 3.07. The van der Waals surface area contributed by atoms with Crippen molar-refractivity contribution >= 4 is 35.0 Å². The van der Waals surface area contributed by atoms with Gasteiger partial charge in [0.2, 0.25) is 0 Å². The van der Waals surface area contributed by atoms with Crippen molar-refractivity contribution in [3.63, 3.8) is 0 Å². The minimum Gasteiger partial charge on any atom is -0.458 e. The number of rotatable bonds is 5. The van der Waals surface area contributed by atoms with E-state index in [0.717, 1.165) is 11.1 Å². The highest BCUT2D eigenvalue weighted by Crippen LogP contribution is 2.30. The van der Waals surface area contributed by atoms with Crippen LogP contribution in [0.2, 0.25) is 5.02 Å². The standard InChI is InChI=1S/C24H19ClN2O3S/c1-3-13-30-23(29)20-15(2)26-24-27(21(20)17-7-5-4-6-8-17)22(28)19(31-24)14-16-9-11-18(25)12-10-16/h3-12,14,21H,1,13H2,2H3/b19-14-/t21-/m1/s1. The second kappa shape index (κ2) is 8.88. The topological polar surface area (TPSA) is 60.7 Å². The summed E-state index contributed by atoms with van der Waals surface area (Å²) in [5, 5.41) is 0.626. The van der Waals surface area contributed by atoms with Crippen molar-refractivity contribution in [2.75, 3.05) is 6.61 Å². The van der Waals surface area contributed by atoms with Crippen molar-refractivity contribution in [3.8, 4) is 0 Å². The van der Waals surface area contributed by atoms with Crippen LogP contribution in [0.15, 0.2) is 88.3 Å². The molecule has 156 valence electrons. The van der Waals surface area contributed by atoms with Crippen LogP contribution >= 0.6 is 22.9 Å². The third-order valence-corrected chi connectivity index (χ3v) is 6.09. The van der Waals surface area contributed by atoms with Gasteiger partial charge in [0.1, 0.15) is 6.61 Å². The van der Waals surface area contributed by atoms with E-state index < -0.39 is 12.0 Å². The van der Waals surface area contributed by atoms with E-state index in [9.17, 15) is 9.59 Å². The Morgan fingerprint density at radius 3 is 2.61 bits per heavy atom. The summed E-state index contributed by atoms with van der Waals surface area (Å²) in [5.41, 5.74) is 2.32. The molecule has 0 unspecified atom stereocenters. The number of ether oxygens (including phenoxy) is 1. The summed E-state index contributed by atoms with van der Waals surface area (Å²) in [6, 6.07) is 16.0. The molecule has 0 saturated heterocycles. The fourth-order valence-corrected chi connectivity index (χ4v) is 4.63. The Morgan fingerprint density at radius 2 is 1.94 bits per heavy atom. The SMILES string of the molecule is C=CCOC(=O)C1=C(C)N=c2s/c(=C\c3ccc(Cl)cc3)c(=O)n2[C@@H]1c1ccccc1. The number of fused-ring (bicyclic) bond motifs is 1. The molecule has 1 aromatic heterocycles. The number of hydrogen-bond donors (Lipinski definition) is 0. The molecule has 0 fully saturated rings. The Balaban J connectivity index is 1.92. The van der Waals surface area contributed by atoms with Gasteiger partial charge >= 0.3 is 5.97 Å². The molecule has 2 aromatic carbocycles. The summed E-state index contributed by atoms with van der Waals surface area (Å²) in [6.07, 6.45) is 3.31. The Bertz CT molecular complexity index is 1350. The van der Waals surface area contributed by atoms with Gasteiger partial charge in [-0.1, -0.05) is 78.1 Å². The number of carbonyl (C=O) groups is 1. The largest absolute Gasteiger partial charge is 0.458 e. The number of halogens is 1. The lowest BCUT2D eigenvalue weighted by Crippen LogP contribution is -2.39. The van der Waals surface area contributed by atoms with Gasteiger partial charge in [0.05, 0.1) is 21.8 Å². The molecular weight excluding hydrogens is 432 g/mol. The first-order valence-electron chi connectivity index (χ1n) is 9.60. The highest BCUT2D eigenvalue weighted by molar-refractivity contribution is 7.07. The van der Waals surface area contributed by atoms with Gasteiger partial charge < -0.3 is 4.74 Å². The number of aromatic nitrogens is 1. The van der Waals surface area contributed by atoms with Gasteiger partial charge in [-0.05, 0) is 36.3 Å². The molecule has 0 radical (unpaired) electrons. The molecule has 1 atom stereocenters. The first-order chi connectivity index (χ1) is 15.0. The van der Waals surface area contributed by atoms with E-state index >= 15 is 0 Å². The van der Waals surface area contributed by atoms with Crippen LogP contribution in [0.25, 0.3) is 6.08 Å². The fourth-order valence-electron chi connectivity index (χ4n) is 3.46. The van der Waals surface area contributed by atoms with Gasteiger partial charge in [-0.2, -0.15) is 0 Å². The molecule has 2 heterocycles. The molecule has 1 aliphatic heterocycles. The van der Waals surface area contributed by atoms with E-state index in [1.54, 1.807) is 29.7 Å². The summed E-state index contributed by atoms with van der Waals surface area (Å²) >= 11 is 7.25. The lowest BCUT2D eigenvalue weighted by molar-refractivity contribution is -0.138. The molecule has 3 aromatic rings. The number of benzene rings is 2. The molecule has 1 aliphatic rings. The number of thiazole rings is 1. The molecule has 0 spiro atoms. The minimum absolute atomic E-state index is 0.0815. The Morgan fingerprint density at radius 1 is 1.23 bits per heavy atom. The highest BCUT2D eigenvalue weighted by atomic mass is 35.5. The van der Waals surface area contributed by atoms with Gasteiger partial charge in [0.15, 0.2) is 4.80 Å². The van der Waals surface area contributed by atoms with Crippen LogP contribution in [0.1, 0.15) is 24.1 Å². The van der Waals surface area contributed by atoms with Crippen LogP contribution in [0.4, 0.5) is 0 Å². The van der Waals surface area contributed by atoms with E-state index in [-0.39, 0.29) is 12.2 Å². The predicted octanol–water partition coefficient (Wildman–Crippen LogP) is 3.62. The molecule has 0 amide bonds. The van der Waals surface area contributed by atoms with Crippen LogP contribution in [0.5, 0.6) is 0 Å². The van der Waals surface area contributed by atoms with Gasteiger partial charge in [0, 0.05) is 5.02 Å². The molecule has 0 bridgehead atoms. The number of hydrogen-bond acceptors (Lipinski definition) is 5.